The van der Waals surface area contributed by atoms with Crippen molar-refractivity contribution in [1.29, 1.82) is 0 Å². The standard InChI is InChI=1S/C19H24F6O6S/c1-15(2,3)11-7-10(8-12(13(11)26)16(4,5)6)14(27)31-17(18(20,21)22,19(23,24)25)9-32(28,29)30/h7-8,26H,9H2,1-6H3,(H,28,29,30). The summed E-state index contributed by atoms with van der Waals surface area (Å²) >= 11 is 0. The molecule has 0 heterocycles. The average molecular weight is 494 g/mol. The Morgan fingerprint density at radius 2 is 1.22 bits per heavy atom. The monoisotopic (exact) mass is 494 g/mol. The van der Waals surface area contributed by atoms with Crippen molar-refractivity contribution in [3.63, 3.8) is 0 Å². The molecule has 0 aliphatic rings. The molecule has 0 saturated carbocycles. The van der Waals surface area contributed by atoms with E-state index >= 15 is 0 Å². The van der Waals surface area contributed by atoms with E-state index in [1.165, 1.54) is 0 Å². The van der Waals surface area contributed by atoms with Crippen molar-refractivity contribution in [2.45, 2.75) is 70.3 Å². The molecular weight excluding hydrogens is 470 g/mol. The highest BCUT2D eigenvalue weighted by molar-refractivity contribution is 7.85. The van der Waals surface area contributed by atoms with Crippen molar-refractivity contribution in [2.24, 2.45) is 0 Å². The molecule has 32 heavy (non-hydrogen) atoms. The van der Waals surface area contributed by atoms with E-state index in [-0.39, 0.29) is 16.9 Å². The third-order valence-electron chi connectivity index (χ3n) is 4.53. The van der Waals surface area contributed by atoms with Crippen molar-refractivity contribution in [1.82, 2.24) is 0 Å². The average Bonchev–Trinajstić information content (AvgIpc) is 2.48. The first-order valence-electron chi connectivity index (χ1n) is 9.03. The van der Waals surface area contributed by atoms with Crippen LogP contribution in [0.4, 0.5) is 26.3 Å². The van der Waals surface area contributed by atoms with Crippen LogP contribution in [0.3, 0.4) is 0 Å². The van der Waals surface area contributed by atoms with E-state index in [1.807, 2.05) is 0 Å². The molecule has 0 unspecified atom stereocenters. The first-order chi connectivity index (χ1) is 13.8. The lowest BCUT2D eigenvalue weighted by molar-refractivity contribution is -0.356. The van der Waals surface area contributed by atoms with Crippen molar-refractivity contribution < 1.29 is 54.0 Å². The fourth-order valence-electron chi connectivity index (χ4n) is 2.84. The minimum atomic E-state index is -6.44. The molecule has 0 aromatic heterocycles. The molecular formula is C19H24F6O6S. The predicted molar refractivity (Wildman–Crippen MR) is 102 cm³/mol. The van der Waals surface area contributed by atoms with Crippen molar-refractivity contribution in [3.05, 3.63) is 28.8 Å². The van der Waals surface area contributed by atoms with E-state index in [1.54, 1.807) is 41.5 Å². The lowest BCUT2D eigenvalue weighted by Crippen LogP contribution is -2.63. The van der Waals surface area contributed by atoms with Gasteiger partial charge in [0.05, 0.1) is 5.56 Å². The lowest BCUT2D eigenvalue weighted by Gasteiger charge is -2.35. The van der Waals surface area contributed by atoms with Crippen LogP contribution in [0.5, 0.6) is 5.75 Å². The van der Waals surface area contributed by atoms with Crippen LogP contribution in [0.15, 0.2) is 12.1 Å². The van der Waals surface area contributed by atoms with Crippen LogP contribution in [0.2, 0.25) is 0 Å². The number of rotatable bonds is 4. The van der Waals surface area contributed by atoms with Gasteiger partial charge in [-0.15, -0.1) is 0 Å². The maximum Gasteiger partial charge on any atom is 0.438 e. The van der Waals surface area contributed by atoms with Gasteiger partial charge in [-0.3, -0.25) is 4.55 Å². The quantitative estimate of drug-likeness (QED) is 0.351. The van der Waals surface area contributed by atoms with Gasteiger partial charge in [0, 0.05) is 11.1 Å². The van der Waals surface area contributed by atoms with Crippen LogP contribution in [-0.2, 0) is 25.7 Å². The summed E-state index contributed by atoms with van der Waals surface area (Å²) in [5, 5.41) is 10.6. The highest BCUT2D eigenvalue weighted by atomic mass is 32.2. The topological polar surface area (TPSA) is 101 Å². The summed E-state index contributed by atoms with van der Waals surface area (Å²) in [6.07, 6.45) is -12.9. The summed E-state index contributed by atoms with van der Waals surface area (Å²) in [6.45, 7) is 9.49. The summed E-state index contributed by atoms with van der Waals surface area (Å²) in [5.74, 6) is -5.42. The molecule has 0 spiro atoms. The molecule has 0 fully saturated rings. The molecule has 1 aromatic carbocycles. The van der Waals surface area contributed by atoms with Gasteiger partial charge in [-0.2, -0.15) is 34.8 Å². The van der Waals surface area contributed by atoms with Crippen LogP contribution >= 0.6 is 0 Å². The fourth-order valence-corrected chi connectivity index (χ4v) is 3.74. The van der Waals surface area contributed by atoms with E-state index in [2.05, 4.69) is 4.74 Å². The van der Waals surface area contributed by atoms with Crippen LogP contribution in [-0.4, -0.2) is 47.8 Å². The molecule has 13 heteroatoms. The maximum absolute atomic E-state index is 13.5. The predicted octanol–water partition coefficient (Wildman–Crippen LogP) is 4.90. The van der Waals surface area contributed by atoms with Gasteiger partial charge in [0.1, 0.15) is 11.5 Å². The minimum Gasteiger partial charge on any atom is -0.507 e. The number of alkyl halides is 6. The Labute approximate surface area is 181 Å². The Hall–Kier alpha value is -2.02. The molecule has 1 rings (SSSR count). The molecule has 1 aromatic rings. The van der Waals surface area contributed by atoms with Gasteiger partial charge in [-0.05, 0) is 23.0 Å². The molecule has 2 N–H and O–H groups in total. The number of phenols is 1. The van der Waals surface area contributed by atoms with Crippen molar-refractivity contribution in [2.75, 3.05) is 5.75 Å². The van der Waals surface area contributed by atoms with Gasteiger partial charge < -0.3 is 9.84 Å². The largest absolute Gasteiger partial charge is 0.507 e. The Bertz CT molecular complexity index is 933. The van der Waals surface area contributed by atoms with E-state index < -0.39 is 56.2 Å². The van der Waals surface area contributed by atoms with Crippen molar-refractivity contribution >= 4 is 16.1 Å². The second kappa shape index (κ2) is 8.08. The molecule has 0 radical (unpaired) electrons. The third kappa shape index (κ3) is 5.85. The Balaban J connectivity index is 3.82. The van der Waals surface area contributed by atoms with Crippen LogP contribution < -0.4 is 0 Å². The zero-order valence-corrected chi connectivity index (χ0v) is 18.9. The van der Waals surface area contributed by atoms with Gasteiger partial charge in [-0.1, -0.05) is 41.5 Å². The van der Waals surface area contributed by atoms with Crippen LogP contribution in [0, 0.1) is 0 Å². The molecule has 0 aliphatic heterocycles. The van der Waals surface area contributed by atoms with Gasteiger partial charge in [-0.25, -0.2) is 4.79 Å². The molecule has 6 nitrogen and oxygen atoms in total. The molecule has 0 saturated heterocycles. The highest BCUT2D eigenvalue weighted by Gasteiger charge is 2.76. The van der Waals surface area contributed by atoms with Crippen LogP contribution in [0.1, 0.15) is 63.0 Å². The number of hydrogen-bond donors (Lipinski definition) is 2. The van der Waals surface area contributed by atoms with Gasteiger partial charge in [0.2, 0.25) is 0 Å². The van der Waals surface area contributed by atoms with E-state index in [0.717, 1.165) is 12.1 Å². The fraction of sp³-hybridized carbons (Fsp3) is 0.632. The van der Waals surface area contributed by atoms with Gasteiger partial charge in [0.25, 0.3) is 10.1 Å². The number of ether oxygens (including phenoxy) is 1. The van der Waals surface area contributed by atoms with Gasteiger partial charge in [0.15, 0.2) is 0 Å². The molecule has 0 amide bonds. The van der Waals surface area contributed by atoms with E-state index in [0.29, 0.717) is 0 Å². The SMILES string of the molecule is CC(C)(C)c1cc(C(=O)OC(CS(=O)(=O)O)(C(F)(F)F)C(F)(F)F)cc(C(C)(C)C)c1O. The second-order valence-electron chi connectivity index (χ2n) is 9.36. The number of hydrogen-bond acceptors (Lipinski definition) is 5. The summed E-state index contributed by atoms with van der Waals surface area (Å²) in [4.78, 5) is 12.5. The third-order valence-corrected chi connectivity index (χ3v) is 5.30. The second-order valence-corrected chi connectivity index (χ2v) is 10.8. The molecule has 0 aliphatic carbocycles. The van der Waals surface area contributed by atoms with Crippen LogP contribution in [0.25, 0.3) is 0 Å². The lowest BCUT2D eigenvalue weighted by atomic mass is 9.78. The smallest absolute Gasteiger partial charge is 0.438 e. The number of phenolic OH excluding ortho intramolecular Hbond substituents is 1. The first-order valence-corrected chi connectivity index (χ1v) is 10.6. The minimum absolute atomic E-state index is 0.0382. The summed E-state index contributed by atoms with van der Waals surface area (Å²) in [6, 6.07) is 1.75. The number of aromatic hydroxyl groups is 1. The zero-order chi connectivity index (χ0) is 25.7. The summed E-state index contributed by atoms with van der Waals surface area (Å²) in [5.41, 5.74) is -8.00. The zero-order valence-electron chi connectivity index (χ0n) is 18.1. The van der Waals surface area contributed by atoms with E-state index in [9.17, 15) is 44.7 Å². The van der Waals surface area contributed by atoms with Gasteiger partial charge >= 0.3 is 23.9 Å². The Morgan fingerprint density at radius 1 is 0.875 bits per heavy atom. The maximum atomic E-state index is 13.5. The Morgan fingerprint density at radius 3 is 1.47 bits per heavy atom. The number of carbonyl (C=O) groups is 1. The number of benzene rings is 1. The summed E-state index contributed by atoms with van der Waals surface area (Å²) in [7, 11) is -5.90. The highest BCUT2D eigenvalue weighted by Crippen LogP contribution is 2.48. The first kappa shape index (κ1) is 28.0. The van der Waals surface area contributed by atoms with E-state index in [4.69, 9.17) is 4.55 Å². The molecule has 0 atom stereocenters. The molecule has 184 valence electrons. The number of esters is 1. The Kier molecular flexibility index (Phi) is 7.08. The number of halogens is 6. The normalized spacial score (nSPS) is 14.4. The number of carbonyl (C=O) groups excluding carboxylic acids is 1. The molecule has 0 bridgehead atoms. The van der Waals surface area contributed by atoms with Crippen molar-refractivity contribution in [3.8, 4) is 5.75 Å². The summed E-state index contributed by atoms with van der Waals surface area (Å²) < 4.78 is 115.